The Morgan fingerprint density at radius 3 is 2.44 bits per heavy atom. The van der Waals surface area contributed by atoms with E-state index in [1.807, 2.05) is 0 Å². The van der Waals surface area contributed by atoms with E-state index in [4.69, 9.17) is 23.2 Å². The van der Waals surface area contributed by atoms with Gasteiger partial charge in [-0.3, -0.25) is 14.4 Å². The van der Waals surface area contributed by atoms with Crippen LogP contribution in [0.15, 0.2) is 54.7 Å². The molecule has 1 heterocycles. The van der Waals surface area contributed by atoms with Crippen LogP contribution < -0.4 is 10.2 Å². The average molecular weight is 500 g/mol. The molecule has 2 aromatic carbocycles. The van der Waals surface area contributed by atoms with Crippen LogP contribution in [0.2, 0.25) is 10.0 Å². The van der Waals surface area contributed by atoms with Crippen LogP contribution in [0.25, 0.3) is 0 Å². The maximum atomic E-state index is 13.3. The molecule has 0 spiro atoms. The predicted octanol–water partition coefficient (Wildman–Crippen LogP) is 4.33. The molecule has 8 nitrogen and oxygen atoms in total. The van der Waals surface area contributed by atoms with Gasteiger partial charge in [0.05, 0.1) is 23.0 Å². The lowest BCUT2D eigenvalue weighted by atomic mass is 10.1. The molecule has 0 bridgehead atoms. The molecular formula is C24H23Cl2N5O3. The van der Waals surface area contributed by atoms with Crippen molar-refractivity contribution in [3.05, 3.63) is 81.7 Å². The van der Waals surface area contributed by atoms with Gasteiger partial charge in [0.1, 0.15) is 5.82 Å². The predicted molar refractivity (Wildman–Crippen MR) is 133 cm³/mol. The van der Waals surface area contributed by atoms with Gasteiger partial charge in [0, 0.05) is 38.6 Å². The van der Waals surface area contributed by atoms with Gasteiger partial charge >= 0.3 is 0 Å². The highest BCUT2D eigenvalue weighted by molar-refractivity contribution is 6.42. The number of anilines is 2. The number of carbonyl (C=O) groups is 3. The Morgan fingerprint density at radius 2 is 1.76 bits per heavy atom. The van der Waals surface area contributed by atoms with Crippen molar-refractivity contribution < 1.29 is 14.4 Å². The number of hydrogen-bond acceptors (Lipinski definition) is 6. The van der Waals surface area contributed by atoms with Crippen molar-refractivity contribution >= 4 is 52.3 Å². The zero-order valence-electron chi connectivity index (χ0n) is 18.9. The first kappa shape index (κ1) is 25.1. The highest BCUT2D eigenvalue weighted by Gasteiger charge is 2.23. The van der Waals surface area contributed by atoms with Crippen LogP contribution in [0.4, 0.5) is 11.5 Å². The van der Waals surface area contributed by atoms with E-state index in [1.165, 1.54) is 16.0 Å². The molecule has 10 heteroatoms. The van der Waals surface area contributed by atoms with Crippen molar-refractivity contribution in [1.29, 1.82) is 0 Å². The maximum absolute atomic E-state index is 13.3. The third-order valence-corrected chi connectivity index (χ3v) is 5.65. The fourth-order valence-corrected chi connectivity index (χ4v) is 3.47. The Morgan fingerprint density at radius 1 is 1.00 bits per heavy atom. The summed E-state index contributed by atoms with van der Waals surface area (Å²) in [6, 6.07) is 13.3. The summed E-state index contributed by atoms with van der Waals surface area (Å²) in [7, 11) is 4.96. The third kappa shape index (κ3) is 6.09. The molecule has 0 saturated carbocycles. The van der Waals surface area contributed by atoms with E-state index in [0.717, 1.165) is 0 Å². The molecule has 0 saturated heterocycles. The Bertz CT molecular complexity index is 1230. The Kier molecular flexibility index (Phi) is 8.20. The number of Topliss-reactive ketones (excluding diaryl/α,β-unsaturated/α-hetero) is 1. The van der Waals surface area contributed by atoms with Gasteiger partial charge < -0.3 is 15.1 Å². The first-order valence-electron chi connectivity index (χ1n) is 10.3. The fraction of sp³-hybridized carbons (Fsp3) is 0.208. The lowest BCUT2D eigenvalue weighted by Crippen LogP contribution is -2.32. The summed E-state index contributed by atoms with van der Waals surface area (Å²) in [5, 5.41) is 3.57. The molecular weight excluding hydrogens is 477 g/mol. The molecule has 0 fully saturated rings. The number of carbonyl (C=O) groups excluding carboxylic acids is 3. The van der Waals surface area contributed by atoms with Crippen LogP contribution in [-0.2, 0) is 11.3 Å². The van der Waals surface area contributed by atoms with Gasteiger partial charge in [-0.05, 0) is 42.0 Å². The van der Waals surface area contributed by atoms with E-state index in [2.05, 4.69) is 15.3 Å². The second-order valence-electron chi connectivity index (χ2n) is 7.59. The molecule has 0 aliphatic heterocycles. The highest BCUT2D eigenvalue weighted by atomic mass is 35.5. The van der Waals surface area contributed by atoms with Crippen molar-refractivity contribution in [3.8, 4) is 0 Å². The minimum absolute atomic E-state index is 0.0637. The molecule has 0 atom stereocenters. The van der Waals surface area contributed by atoms with Gasteiger partial charge in [0.15, 0.2) is 5.82 Å². The van der Waals surface area contributed by atoms with Gasteiger partial charge in [-0.15, -0.1) is 0 Å². The smallest absolute Gasteiger partial charge is 0.253 e. The van der Waals surface area contributed by atoms with Crippen LogP contribution in [-0.4, -0.2) is 53.6 Å². The number of nitrogens with zero attached hydrogens (tertiary/aromatic N) is 4. The molecule has 3 rings (SSSR count). The number of ketones is 1. The van der Waals surface area contributed by atoms with E-state index < -0.39 is 18.1 Å². The van der Waals surface area contributed by atoms with Crippen LogP contribution in [0.3, 0.4) is 0 Å². The Balaban J connectivity index is 1.94. The molecule has 0 radical (unpaired) electrons. The van der Waals surface area contributed by atoms with Crippen molar-refractivity contribution in [2.45, 2.75) is 13.0 Å². The Labute approximate surface area is 207 Å². The van der Waals surface area contributed by atoms with Gasteiger partial charge in [-0.25, -0.2) is 9.97 Å². The minimum atomic E-state index is -0.526. The number of aromatic nitrogens is 2. The largest absolute Gasteiger partial charge is 0.373 e. The number of benzene rings is 2. The lowest BCUT2D eigenvalue weighted by Gasteiger charge is -2.24. The van der Waals surface area contributed by atoms with Crippen molar-refractivity contribution in [2.75, 3.05) is 31.4 Å². The molecule has 0 aliphatic rings. The van der Waals surface area contributed by atoms with E-state index in [-0.39, 0.29) is 18.3 Å². The maximum Gasteiger partial charge on any atom is 0.253 e. The average Bonchev–Trinajstić information content (AvgIpc) is 2.84. The van der Waals surface area contributed by atoms with E-state index in [1.54, 1.807) is 69.7 Å². The zero-order valence-corrected chi connectivity index (χ0v) is 20.4. The molecule has 0 unspecified atom stereocenters. The monoisotopic (exact) mass is 499 g/mol. The highest BCUT2D eigenvalue weighted by Crippen LogP contribution is 2.26. The minimum Gasteiger partial charge on any atom is -0.373 e. The summed E-state index contributed by atoms with van der Waals surface area (Å²) in [5.74, 6) is -0.817. The van der Waals surface area contributed by atoms with Crippen LogP contribution in [0.1, 0.15) is 33.0 Å². The molecule has 2 amide bonds. The normalized spacial score (nSPS) is 10.5. The van der Waals surface area contributed by atoms with Crippen LogP contribution in [0.5, 0.6) is 0 Å². The second kappa shape index (κ2) is 11.1. The van der Waals surface area contributed by atoms with Gasteiger partial charge in [-0.1, -0.05) is 35.3 Å². The van der Waals surface area contributed by atoms with Crippen molar-refractivity contribution in [2.24, 2.45) is 0 Å². The number of amides is 2. The van der Waals surface area contributed by atoms with E-state index in [0.29, 0.717) is 32.7 Å². The van der Waals surface area contributed by atoms with Gasteiger partial charge in [-0.2, -0.15) is 0 Å². The quantitative estimate of drug-likeness (QED) is 0.366. The number of rotatable bonds is 8. The van der Waals surface area contributed by atoms with Gasteiger partial charge in [0.2, 0.25) is 11.7 Å². The number of halogens is 2. The number of hydrogen-bond donors (Lipinski definition) is 1. The number of nitrogens with one attached hydrogen (secondary N) is 1. The van der Waals surface area contributed by atoms with Crippen molar-refractivity contribution in [3.63, 3.8) is 0 Å². The van der Waals surface area contributed by atoms with E-state index >= 15 is 0 Å². The zero-order chi connectivity index (χ0) is 24.8. The van der Waals surface area contributed by atoms with Crippen LogP contribution >= 0.6 is 23.2 Å². The summed E-state index contributed by atoms with van der Waals surface area (Å²) in [5.41, 5.74) is 1.57. The van der Waals surface area contributed by atoms with Crippen LogP contribution in [0, 0.1) is 0 Å². The third-order valence-electron chi connectivity index (χ3n) is 4.91. The summed E-state index contributed by atoms with van der Waals surface area (Å²) >= 11 is 12.2. The first-order chi connectivity index (χ1) is 16.2. The lowest BCUT2D eigenvalue weighted by molar-refractivity contribution is -0.117. The molecule has 1 N–H and O–H groups in total. The summed E-state index contributed by atoms with van der Waals surface area (Å²) in [6.45, 7) is 0.111. The first-order valence-corrected chi connectivity index (χ1v) is 11.0. The van der Waals surface area contributed by atoms with Crippen molar-refractivity contribution in [1.82, 2.24) is 14.9 Å². The van der Waals surface area contributed by atoms with E-state index in [9.17, 15) is 14.4 Å². The Hall–Kier alpha value is -3.49. The molecule has 34 heavy (non-hydrogen) atoms. The topological polar surface area (TPSA) is 95.5 Å². The SMILES string of the molecule is CNc1ccnc(C(=O)CC(=O)N(Cc2ccc(Cl)c(Cl)c2)c2cccc(C(=O)N(C)C)c2)n1. The summed E-state index contributed by atoms with van der Waals surface area (Å²) in [4.78, 5) is 49.5. The molecule has 1 aromatic heterocycles. The molecule has 3 aromatic rings. The summed E-state index contributed by atoms with van der Waals surface area (Å²) in [6.07, 6.45) is 0.987. The summed E-state index contributed by atoms with van der Waals surface area (Å²) < 4.78 is 0. The molecule has 0 aliphatic carbocycles. The fourth-order valence-electron chi connectivity index (χ4n) is 3.15. The standard InChI is InChI=1S/C24H23Cl2N5O3/c1-27-21-9-10-28-23(29-21)20(32)13-22(33)31(14-15-7-8-18(25)19(26)11-15)17-6-4-5-16(12-17)24(34)30(2)3/h4-12H,13-14H2,1-3H3,(H,27,28,29). The second-order valence-corrected chi connectivity index (χ2v) is 8.41. The molecule has 176 valence electrons. The van der Waals surface area contributed by atoms with Gasteiger partial charge in [0.25, 0.3) is 5.91 Å².